The van der Waals surface area contributed by atoms with Gasteiger partial charge in [-0.1, -0.05) is 19.9 Å². The van der Waals surface area contributed by atoms with Gasteiger partial charge in [0.1, 0.15) is 10.6 Å². The first-order valence-corrected chi connectivity index (χ1v) is 10.5. The summed E-state index contributed by atoms with van der Waals surface area (Å²) < 4.78 is 33.7. The van der Waals surface area contributed by atoms with E-state index in [1.807, 2.05) is 42.6 Å². The lowest BCUT2D eigenvalue weighted by Gasteiger charge is -2.21. The van der Waals surface area contributed by atoms with Crippen molar-refractivity contribution in [2.75, 3.05) is 14.2 Å². The molecule has 154 valence electrons. The molecule has 0 bridgehead atoms. The van der Waals surface area contributed by atoms with Crippen LogP contribution in [0.3, 0.4) is 0 Å². The van der Waals surface area contributed by atoms with Gasteiger partial charge in [-0.05, 0) is 43.3 Å². The molecule has 2 N–H and O–H groups in total. The minimum absolute atomic E-state index is 0.0188. The Hall–Kier alpha value is -2.98. The smallest absolute Gasteiger partial charge is 0.251 e. The summed E-state index contributed by atoms with van der Waals surface area (Å²) in [7, 11) is -1.13. The second-order valence-electron chi connectivity index (χ2n) is 6.76. The first-order chi connectivity index (χ1) is 13.8. The highest BCUT2D eigenvalue weighted by Crippen LogP contribution is 2.26. The normalized spacial score (nSPS) is 12.9. The minimum atomic E-state index is -3.80. The molecule has 0 radical (unpaired) electrons. The fourth-order valence-electron chi connectivity index (χ4n) is 2.96. The van der Waals surface area contributed by atoms with Crippen LogP contribution in [0, 0.1) is 5.92 Å². The van der Waals surface area contributed by atoms with E-state index >= 15 is 0 Å². The SMILES string of the molecule is CNS(=O)(=O)c1cc(C(=O)NC(c2nnc3ccccn23)C(C)C)ccc1OC. The number of sulfonamides is 1. The Morgan fingerprint density at radius 2 is 1.93 bits per heavy atom. The number of nitrogens with one attached hydrogen (secondary N) is 2. The summed E-state index contributed by atoms with van der Waals surface area (Å²) in [6.45, 7) is 3.92. The summed E-state index contributed by atoms with van der Waals surface area (Å²) in [5.41, 5.74) is 0.869. The molecule has 2 aromatic heterocycles. The molecular formula is C19H23N5O4S. The van der Waals surface area contributed by atoms with Gasteiger partial charge in [0.25, 0.3) is 5.91 Å². The zero-order valence-corrected chi connectivity index (χ0v) is 17.4. The fourth-order valence-corrected chi connectivity index (χ4v) is 3.88. The van der Waals surface area contributed by atoms with E-state index in [1.54, 1.807) is 0 Å². The number of benzene rings is 1. The Morgan fingerprint density at radius 3 is 2.59 bits per heavy atom. The quantitative estimate of drug-likeness (QED) is 0.606. The largest absolute Gasteiger partial charge is 0.495 e. The van der Waals surface area contributed by atoms with E-state index in [0.717, 1.165) is 0 Å². The summed E-state index contributed by atoms with van der Waals surface area (Å²) in [4.78, 5) is 12.8. The van der Waals surface area contributed by atoms with Gasteiger partial charge in [0, 0.05) is 11.8 Å². The molecule has 0 saturated heterocycles. The van der Waals surface area contributed by atoms with E-state index in [9.17, 15) is 13.2 Å². The van der Waals surface area contributed by atoms with Gasteiger partial charge in [-0.15, -0.1) is 10.2 Å². The zero-order valence-electron chi connectivity index (χ0n) is 16.6. The van der Waals surface area contributed by atoms with Gasteiger partial charge in [-0.2, -0.15) is 0 Å². The van der Waals surface area contributed by atoms with Crippen LogP contribution in [-0.4, -0.2) is 43.1 Å². The maximum absolute atomic E-state index is 12.9. The Labute approximate surface area is 169 Å². The molecule has 1 atom stereocenters. The molecule has 3 aromatic rings. The molecule has 0 aliphatic rings. The first-order valence-electron chi connectivity index (χ1n) is 9.00. The standard InChI is InChI=1S/C19H23N5O4S/c1-12(2)17(18-23-22-16-7-5-6-10-24(16)18)21-19(25)13-8-9-14(28-4)15(11-13)29(26,27)20-3/h5-12,17,20H,1-4H3,(H,21,25). The average molecular weight is 417 g/mol. The van der Waals surface area contributed by atoms with Crippen LogP contribution < -0.4 is 14.8 Å². The summed E-state index contributed by atoms with van der Waals surface area (Å²) in [6, 6.07) is 9.38. The van der Waals surface area contributed by atoms with Gasteiger partial charge in [0.15, 0.2) is 11.5 Å². The lowest BCUT2D eigenvalue weighted by molar-refractivity contribution is 0.0922. The third kappa shape index (κ3) is 4.08. The van der Waals surface area contributed by atoms with Crippen LogP contribution in [-0.2, 0) is 10.0 Å². The van der Waals surface area contributed by atoms with Crippen molar-refractivity contribution in [1.82, 2.24) is 24.6 Å². The van der Waals surface area contributed by atoms with Crippen LogP contribution in [0.25, 0.3) is 5.65 Å². The van der Waals surface area contributed by atoms with Gasteiger partial charge in [0.2, 0.25) is 10.0 Å². The van der Waals surface area contributed by atoms with Crippen LogP contribution in [0.1, 0.15) is 36.1 Å². The molecule has 9 nitrogen and oxygen atoms in total. The van der Waals surface area contributed by atoms with Crippen molar-refractivity contribution >= 4 is 21.6 Å². The highest BCUT2D eigenvalue weighted by molar-refractivity contribution is 7.89. The van der Waals surface area contributed by atoms with E-state index in [2.05, 4.69) is 20.2 Å². The van der Waals surface area contributed by atoms with Crippen LogP contribution in [0.2, 0.25) is 0 Å². The van der Waals surface area contributed by atoms with Crippen LogP contribution in [0.5, 0.6) is 5.75 Å². The molecule has 10 heteroatoms. The topological polar surface area (TPSA) is 115 Å². The molecule has 1 unspecified atom stereocenters. The number of amides is 1. The molecule has 0 fully saturated rings. The maximum Gasteiger partial charge on any atom is 0.251 e. The van der Waals surface area contributed by atoms with E-state index < -0.39 is 22.0 Å². The Kier molecular flexibility index (Phi) is 5.85. The number of rotatable bonds is 7. The van der Waals surface area contributed by atoms with Crippen LogP contribution >= 0.6 is 0 Å². The molecule has 29 heavy (non-hydrogen) atoms. The molecule has 0 aliphatic heterocycles. The second kappa shape index (κ2) is 8.18. The first kappa shape index (κ1) is 20.7. The monoisotopic (exact) mass is 417 g/mol. The van der Waals surface area contributed by atoms with E-state index in [4.69, 9.17) is 4.74 Å². The van der Waals surface area contributed by atoms with Crippen molar-refractivity contribution in [1.29, 1.82) is 0 Å². The maximum atomic E-state index is 12.9. The lowest BCUT2D eigenvalue weighted by Crippen LogP contribution is -2.33. The number of fused-ring (bicyclic) bond motifs is 1. The summed E-state index contributed by atoms with van der Waals surface area (Å²) >= 11 is 0. The number of aromatic nitrogens is 3. The number of hydrogen-bond donors (Lipinski definition) is 2. The summed E-state index contributed by atoms with van der Waals surface area (Å²) in [6.07, 6.45) is 1.83. The van der Waals surface area contributed by atoms with Crippen molar-refractivity contribution in [2.24, 2.45) is 5.92 Å². The van der Waals surface area contributed by atoms with Crippen LogP contribution in [0.15, 0.2) is 47.5 Å². The number of carbonyl (C=O) groups is 1. The van der Waals surface area contributed by atoms with Crippen molar-refractivity contribution in [2.45, 2.75) is 24.8 Å². The van der Waals surface area contributed by atoms with Crippen molar-refractivity contribution in [3.8, 4) is 5.75 Å². The minimum Gasteiger partial charge on any atom is -0.495 e. The number of ether oxygens (including phenoxy) is 1. The number of methoxy groups -OCH3 is 1. The molecule has 3 rings (SSSR count). The third-order valence-electron chi connectivity index (χ3n) is 4.56. The number of carbonyl (C=O) groups excluding carboxylic acids is 1. The predicted octanol–water partition coefficient (Wildman–Crippen LogP) is 1.77. The van der Waals surface area contributed by atoms with Gasteiger partial charge in [-0.3, -0.25) is 9.20 Å². The van der Waals surface area contributed by atoms with Gasteiger partial charge < -0.3 is 10.1 Å². The van der Waals surface area contributed by atoms with Gasteiger partial charge >= 0.3 is 0 Å². The van der Waals surface area contributed by atoms with Crippen molar-refractivity contribution in [3.63, 3.8) is 0 Å². The van der Waals surface area contributed by atoms with Crippen molar-refractivity contribution in [3.05, 3.63) is 54.0 Å². The lowest BCUT2D eigenvalue weighted by atomic mass is 10.0. The summed E-state index contributed by atoms with van der Waals surface area (Å²) in [5.74, 6) is 0.345. The molecule has 1 aromatic carbocycles. The number of pyridine rings is 1. The van der Waals surface area contributed by atoms with Crippen molar-refractivity contribution < 1.29 is 17.9 Å². The van der Waals surface area contributed by atoms with E-state index in [0.29, 0.717) is 11.5 Å². The molecule has 1 amide bonds. The second-order valence-corrected chi connectivity index (χ2v) is 8.61. The van der Waals surface area contributed by atoms with Crippen LogP contribution in [0.4, 0.5) is 0 Å². The molecule has 2 heterocycles. The molecule has 0 aliphatic carbocycles. The molecular weight excluding hydrogens is 394 g/mol. The fraction of sp³-hybridized carbons (Fsp3) is 0.316. The zero-order chi connectivity index (χ0) is 21.2. The van der Waals surface area contributed by atoms with Gasteiger partial charge in [0.05, 0.1) is 13.2 Å². The third-order valence-corrected chi connectivity index (χ3v) is 5.99. The molecule has 0 saturated carbocycles. The average Bonchev–Trinajstić information content (AvgIpc) is 3.14. The number of nitrogens with zero attached hydrogens (tertiary/aromatic N) is 3. The highest BCUT2D eigenvalue weighted by atomic mass is 32.2. The Balaban J connectivity index is 1.96. The Morgan fingerprint density at radius 1 is 1.17 bits per heavy atom. The summed E-state index contributed by atoms with van der Waals surface area (Å²) in [5, 5.41) is 11.3. The van der Waals surface area contributed by atoms with E-state index in [-0.39, 0.29) is 22.1 Å². The Bertz CT molecular complexity index is 1140. The molecule has 0 spiro atoms. The van der Waals surface area contributed by atoms with Gasteiger partial charge in [-0.25, -0.2) is 13.1 Å². The predicted molar refractivity (Wildman–Crippen MR) is 107 cm³/mol. The number of hydrogen-bond acceptors (Lipinski definition) is 6. The van der Waals surface area contributed by atoms with E-state index in [1.165, 1.54) is 32.4 Å². The highest BCUT2D eigenvalue weighted by Gasteiger charge is 2.26.